The number of carbonyl (C=O) groups excluding carboxylic acids is 1. The number of ether oxygens (including phenoxy) is 1. The average Bonchev–Trinajstić information content (AvgIpc) is 3.29. The quantitative estimate of drug-likeness (QED) is 0.524. The van der Waals surface area contributed by atoms with Gasteiger partial charge in [0, 0.05) is 6.20 Å². The molecule has 1 N–H and O–H groups in total. The third-order valence-corrected chi connectivity index (χ3v) is 5.00. The fourth-order valence-corrected chi connectivity index (χ4v) is 3.57. The van der Waals surface area contributed by atoms with Crippen molar-refractivity contribution in [2.24, 2.45) is 0 Å². The van der Waals surface area contributed by atoms with Gasteiger partial charge in [-0.2, -0.15) is 0 Å². The van der Waals surface area contributed by atoms with Crippen LogP contribution in [-0.2, 0) is 4.74 Å². The molecule has 0 saturated carbocycles. The topological polar surface area (TPSA) is 55.6 Å². The van der Waals surface area contributed by atoms with Gasteiger partial charge in [0.15, 0.2) is 0 Å². The van der Waals surface area contributed by atoms with E-state index in [9.17, 15) is 4.79 Å². The Hall–Kier alpha value is -3.12. The van der Waals surface area contributed by atoms with Crippen LogP contribution in [0.5, 0.6) is 0 Å². The summed E-state index contributed by atoms with van der Waals surface area (Å²) in [5, 5.41) is 5.42. The van der Waals surface area contributed by atoms with Crippen molar-refractivity contribution in [1.29, 1.82) is 0 Å². The number of hydrogen-bond donors (Lipinski definition) is 1. The number of rotatable bonds is 4. The largest absolute Gasteiger partial charge is 0.465 e. The Labute approximate surface area is 154 Å². The molecule has 4 aromatic rings. The van der Waals surface area contributed by atoms with Crippen molar-refractivity contribution in [3.05, 3.63) is 71.2 Å². The molecule has 6 heteroatoms. The highest BCUT2D eigenvalue weighted by Crippen LogP contribution is 2.34. The van der Waals surface area contributed by atoms with Crippen LogP contribution < -0.4 is 5.32 Å². The zero-order valence-electron chi connectivity index (χ0n) is 14.4. The number of carbonyl (C=O) groups is 1. The minimum absolute atomic E-state index is 0.379. The lowest BCUT2D eigenvalue weighted by atomic mass is 10.1. The van der Waals surface area contributed by atoms with Gasteiger partial charge in [-0.05, 0) is 48.2 Å². The molecule has 0 fully saturated rings. The standard InChI is InChI=1S/C20H17N3O2S/c1-13-9-10-23-17(12-13)22-18(16-8-5-11-26-16)19(23)21-15-7-4-3-6-14(15)20(24)25-2/h3-12,21H,1-2H3. The Morgan fingerprint density at radius 3 is 2.81 bits per heavy atom. The first-order valence-electron chi connectivity index (χ1n) is 8.14. The first-order chi connectivity index (χ1) is 12.7. The summed E-state index contributed by atoms with van der Waals surface area (Å²) in [5.74, 6) is 0.439. The van der Waals surface area contributed by atoms with E-state index in [-0.39, 0.29) is 5.97 Å². The molecule has 0 aliphatic heterocycles. The van der Waals surface area contributed by atoms with Crippen LogP contribution in [0.15, 0.2) is 60.1 Å². The van der Waals surface area contributed by atoms with Crippen LogP contribution in [-0.4, -0.2) is 22.5 Å². The van der Waals surface area contributed by atoms with Crippen LogP contribution in [0.25, 0.3) is 16.2 Å². The molecule has 4 rings (SSSR count). The van der Waals surface area contributed by atoms with Crippen LogP contribution in [0.3, 0.4) is 0 Å². The Morgan fingerprint density at radius 1 is 1.19 bits per heavy atom. The maximum atomic E-state index is 12.1. The smallest absolute Gasteiger partial charge is 0.339 e. The number of benzene rings is 1. The van der Waals surface area contributed by atoms with Gasteiger partial charge in [-0.1, -0.05) is 18.2 Å². The second-order valence-corrected chi connectivity index (χ2v) is 6.83. The summed E-state index contributed by atoms with van der Waals surface area (Å²) in [5.41, 5.74) is 4.01. The predicted octanol–water partition coefficient (Wildman–Crippen LogP) is 4.90. The summed E-state index contributed by atoms with van der Waals surface area (Å²) < 4.78 is 6.90. The summed E-state index contributed by atoms with van der Waals surface area (Å²) in [6, 6.07) is 15.4. The number of para-hydroxylation sites is 1. The van der Waals surface area contributed by atoms with Gasteiger partial charge in [0.25, 0.3) is 0 Å². The molecule has 0 amide bonds. The molecule has 0 atom stereocenters. The van der Waals surface area contributed by atoms with Crippen molar-refractivity contribution in [2.75, 3.05) is 12.4 Å². The predicted molar refractivity (Wildman–Crippen MR) is 104 cm³/mol. The number of nitrogens with one attached hydrogen (secondary N) is 1. The van der Waals surface area contributed by atoms with Crippen LogP contribution in [0.4, 0.5) is 11.5 Å². The normalized spacial score (nSPS) is 10.8. The number of methoxy groups -OCH3 is 1. The molecule has 3 heterocycles. The molecular formula is C20H17N3O2S. The number of aryl methyl sites for hydroxylation is 1. The van der Waals surface area contributed by atoms with Crippen LogP contribution in [0.2, 0.25) is 0 Å². The zero-order chi connectivity index (χ0) is 18.1. The Balaban J connectivity index is 1.89. The molecule has 1 aromatic carbocycles. The van der Waals surface area contributed by atoms with Gasteiger partial charge in [0.1, 0.15) is 17.2 Å². The summed E-state index contributed by atoms with van der Waals surface area (Å²) >= 11 is 1.63. The minimum atomic E-state index is -0.379. The van der Waals surface area contributed by atoms with Crippen molar-refractivity contribution in [3.63, 3.8) is 0 Å². The summed E-state index contributed by atoms with van der Waals surface area (Å²) in [7, 11) is 1.38. The van der Waals surface area contributed by atoms with Gasteiger partial charge in [-0.3, -0.25) is 4.40 Å². The first kappa shape index (κ1) is 16.4. The minimum Gasteiger partial charge on any atom is -0.465 e. The lowest BCUT2D eigenvalue weighted by Gasteiger charge is -2.12. The van der Waals surface area contributed by atoms with E-state index in [2.05, 4.69) is 5.32 Å². The Bertz CT molecular complexity index is 1080. The molecule has 0 spiro atoms. The lowest BCUT2D eigenvalue weighted by molar-refractivity contribution is 0.0602. The van der Waals surface area contributed by atoms with Gasteiger partial charge in [0.05, 0.1) is 23.2 Å². The Morgan fingerprint density at radius 2 is 2.04 bits per heavy atom. The van der Waals surface area contributed by atoms with Gasteiger partial charge in [-0.25, -0.2) is 9.78 Å². The van der Waals surface area contributed by atoms with E-state index < -0.39 is 0 Å². The maximum Gasteiger partial charge on any atom is 0.339 e. The summed E-state index contributed by atoms with van der Waals surface area (Å²) in [4.78, 5) is 18.0. The zero-order valence-corrected chi connectivity index (χ0v) is 15.2. The number of aromatic nitrogens is 2. The van der Waals surface area contributed by atoms with E-state index in [1.165, 1.54) is 7.11 Å². The molecule has 0 radical (unpaired) electrons. The molecule has 5 nitrogen and oxygen atoms in total. The highest BCUT2D eigenvalue weighted by molar-refractivity contribution is 7.13. The third kappa shape index (κ3) is 2.84. The van der Waals surface area contributed by atoms with Crippen LogP contribution >= 0.6 is 11.3 Å². The molecule has 26 heavy (non-hydrogen) atoms. The van der Waals surface area contributed by atoms with Crippen molar-refractivity contribution < 1.29 is 9.53 Å². The van der Waals surface area contributed by atoms with E-state index in [4.69, 9.17) is 9.72 Å². The highest BCUT2D eigenvalue weighted by atomic mass is 32.1. The number of anilines is 2. The van der Waals surface area contributed by atoms with Crippen molar-refractivity contribution in [3.8, 4) is 10.6 Å². The third-order valence-electron chi connectivity index (χ3n) is 4.12. The fourth-order valence-electron chi connectivity index (χ4n) is 2.86. The number of thiophene rings is 1. The second-order valence-electron chi connectivity index (χ2n) is 5.88. The molecule has 0 bridgehead atoms. The second kappa shape index (κ2) is 6.65. The molecule has 130 valence electrons. The van der Waals surface area contributed by atoms with E-state index in [0.29, 0.717) is 11.3 Å². The summed E-state index contributed by atoms with van der Waals surface area (Å²) in [6.07, 6.45) is 1.98. The van der Waals surface area contributed by atoms with Crippen molar-refractivity contribution in [2.45, 2.75) is 6.92 Å². The lowest BCUT2D eigenvalue weighted by Crippen LogP contribution is -2.06. The van der Waals surface area contributed by atoms with E-state index in [0.717, 1.165) is 27.6 Å². The SMILES string of the molecule is COC(=O)c1ccccc1Nc1c(-c2cccs2)nc2cc(C)ccn12. The number of esters is 1. The van der Waals surface area contributed by atoms with Gasteiger partial charge in [-0.15, -0.1) is 11.3 Å². The number of pyridine rings is 1. The van der Waals surface area contributed by atoms with E-state index >= 15 is 0 Å². The number of imidazole rings is 1. The van der Waals surface area contributed by atoms with Crippen LogP contribution in [0, 0.1) is 6.92 Å². The number of fused-ring (bicyclic) bond motifs is 1. The number of nitrogens with zero attached hydrogens (tertiary/aromatic N) is 2. The first-order valence-corrected chi connectivity index (χ1v) is 9.02. The fraction of sp³-hybridized carbons (Fsp3) is 0.100. The van der Waals surface area contributed by atoms with Gasteiger partial charge < -0.3 is 10.1 Å². The molecule has 0 saturated heterocycles. The van der Waals surface area contributed by atoms with Crippen LogP contribution in [0.1, 0.15) is 15.9 Å². The number of hydrogen-bond acceptors (Lipinski definition) is 5. The molecule has 0 unspecified atom stereocenters. The Kier molecular flexibility index (Phi) is 4.18. The van der Waals surface area contributed by atoms with Gasteiger partial charge in [0.2, 0.25) is 0 Å². The van der Waals surface area contributed by atoms with Crippen molar-refractivity contribution >= 4 is 34.5 Å². The summed E-state index contributed by atoms with van der Waals surface area (Å²) in [6.45, 7) is 2.04. The van der Waals surface area contributed by atoms with Crippen molar-refractivity contribution in [1.82, 2.24) is 9.38 Å². The molecule has 3 aromatic heterocycles. The maximum absolute atomic E-state index is 12.1. The monoisotopic (exact) mass is 363 g/mol. The average molecular weight is 363 g/mol. The van der Waals surface area contributed by atoms with E-state index in [1.54, 1.807) is 17.4 Å². The molecular weight excluding hydrogens is 346 g/mol. The van der Waals surface area contributed by atoms with Gasteiger partial charge >= 0.3 is 5.97 Å². The van der Waals surface area contributed by atoms with E-state index in [1.807, 2.05) is 65.4 Å². The molecule has 0 aliphatic carbocycles. The molecule has 0 aliphatic rings. The highest BCUT2D eigenvalue weighted by Gasteiger charge is 2.18.